The van der Waals surface area contributed by atoms with Crippen LogP contribution in [-0.2, 0) is 22.6 Å². The molecule has 4 nitrogen and oxygen atoms in total. The van der Waals surface area contributed by atoms with Crippen LogP contribution in [0.25, 0.3) is 0 Å². The summed E-state index contributed by atoms with van der Waals surface area (Å²) < 4.78 is 5.11. The summed E-state index contributed by atoms with van der Waals surface area (Å²) in [6, 6.07) is 7.81. The summed E-state index contributed by atoms with van der Waals surface area (Å²) in [5.74, 6) is -0.800. The minimum absolute atomic E-state index is 0.119. The highest BCUT2D eigenvalue weighted by molar-refractivity contribution is 5.66. The van der Waals surface area contributed by atoms with Gasteiger partial charge in [-0.1, -0.05) is 24.3 Å². The lowest BCUT2D eigenvalue weighted by atomic mass is 9.98. The summed E-state index contributed by atoms with van der Waals surface area (Å²) in [5, 5.41) is 8.59. The van der Waals surface area contributed by atoms with Crippen LogP contribution in [0.15, 0.2) is 24.3 Å². The third-order valence-electron chi connectivity index (χ3n) is 2.63. The Morgan fingerprint density at radius 1 is 1.41 bits per heavy atom. The molecule has 1 aromatic carbocycles. The van der Waals surface area contributed by atoms with E-state index in [0.29, 0.717) is 19.4 Å². The molecule has 3 N–H and O–H groups in total. The number of aliphatic carboxylic acids is 1. The quantitative estimate of drug-likeness (QED) is 0.755. The van der Waals surface area contributed by atoms with Gasteiger partial charge < -0.3 is 15.6 Å². The van der Waals surface area contributed by atoms with E-state index in [1.165, 1.54) is 0 Å². The summed E-state index contributed by atoms with van der Waals surface area (Å²) in [6.07, 6.45) is 1.30. The maximum absolute atomic E-state index is 10.5. The molecule has 1 rings (SSSR count). The molecule has 94 valence electrons. The molecule has 0 aromatic heterocycles. The number of rotatable bonds is 7. The van der Waals surface area contributed by atoms with E-state index in [4.69, 9.17) is 15.6 Å². The van der Waals surface area contributed by atoms with Crippen molar-refractivity contribution in [2.75, 3.05) is 7.11 Å². The Morgan fingerprint density at radius 3 is 2.65 bits per heavy atom. The molecular formula is C13H19NO3. The molecular weight excluding hydrogens is 218 g/mol. The van der Waals surface area contributed by atoms with Crippen LogP contribution in [-0.4, -0.2) is 24.2 Å². The van der Waals surface area contributed by atoms with E-state index in [-0.39, 0.29) is 12.5 Å². The fourth-order valence-electron chi connectivity index (χ4n) is 1.75. The molecule has 0 aliphatic carbocycles. The Labute approximate surface area is 101 Å². The summed E-state index contributed by atoms with van der Waals surface area (Å²) in [4.78, 5) is 10.5. The van der Waals surface area contributed by atoms with Crippen LogP contribution in [0, 0.1) is 0 Å². The summed E-state index contributed by atoms with van der Waals surface area (Å²) in [5.41, 5.74) is 8.16. The second-order valence-electron chi connectivity index (χ2n) is 4.10. The molecule has 1 atom stereocenters. The van der Waals surface area contributed by atoms with Crippen LogP contribution < -0.4 is 5.73 Å². The molecule has 17 heavy (non-hydrogen) atoms. The van der Waals surface area contributed by atoms with Crippen molar-refractivity contribution < 1.29 is 14.6 Å². The molecule has 0 aliphatic heterocycles. The van der Waals surface area contributed by atoms with Crippen molar-refractivity contribution in [2.24, 2.45) is 5.73 Å². The van der Waals surface area contributed by atoms with Gasteiger partial charge in [-0.25, -0.2) is 0 Å². The van der Waals surface area contributed by atoms with Crippen LogP contribution in [0.5, 0.6) is 0 Å². The predicted molar refractivity (Wildman–Crippen MR) is 65.7 cm³/mol. The van der Waals surface area contributed by atoms with E-state index in [1.807, 2.05) is 24.3 Å². The number of hydrogen-bond acceptors (Lipinski definition) is 3. The number of ether oxygens (including phenoxy) is 1. The second-order valence-corrected chi connectivity index (χ2v) is 4.10. The van der Waals surface area contributed by atoms with Crippen molar-refractivity contribution in [2.45, 2.75) is 31.9 Å². The smallest absolute Gasteiger partial charge is 0.303 e. The van der Waals surface area contributed by atoms with Crippen molar-refractivity contribution >= 4 is 5.97 Å². The van der Waals surface area contributed by atoms with Gasteiger partial charge >= 0.3 is 5.97 Å². The Kier molecular flexibility index (Phi) is 5.66. The Hall–Kier alpha value is -1.39. The monoisotopic (exact) mass is 237 g/mol. The minimum atomic E-state index is -0.800. The van der Waals surface area contributed by atoms with Crippen molar-refractivity contribution in [3.63, 3.8) is 0 Å². The van der Waals surface area contributed by atoms with Gasteiger partial charge in [0.15, 0.2) is 0 Å². The lowest BCUT2D eigenvalue weighted by Gasteiger charge is -2.13. The van der Waals surface area contributed by atoms with Gasteiger partial charge in [-0.15, -0.1) is 0 Å². The first-order valence-electron chi connectivity index (χ1n) is 5.66. The highest BCUT2D eigenvalue weighted by atomic mass is 16.5. The summed E-state index contributed by atoms with van der Waals surface area (Å²) >= 11 is 0. The predicted octanol–water partition coefficient (Wildman–Crippen LogP) is 1.57. The van der Waals surface area contributed by atoms with Crippen LogP contribution in [0.2, 0.25) is 0 Å². The van der Waals surface area contributed by atoms with Crippen molar-refractivity contribution in [1.82, 2.24) is 0 Å². The van der Waals surface area contributed by atoms with E-state index in [0.717, 1.165) is 11.1 Å². The average molecular weight is 237 g/mol. The maximum atomic E-state index is 10.5. The Morgan fingerprint density at radius 2 is 2.06 bits per heavy atom. The summed E-state index contributed by atoms with van der Waals surface area (Å²) in [7, 11) is 1.65. The van der Waals surface area contributed by atoms with Gasteiger partial charge in [-0.2, -0.15) is 0 Å². The molecule has 0 spiro atoms. The first-order chi connectivity index (χ1) is 8.13. The van der Waals surface area contributed by atoms with Gasteiger partial charge in [0, 0.05) is 19.6 Å². The zero-order chi connectivity index (χ0) is 12.7. The van der Waals surface area contributed by atoms with Crippen molar-refractivity contribution in [3.8, 4) is 0 Å². The van der Waals surface area contributed by atoms with Gasteiger partial charge in [-0.05, 0) is 24.0 Å². The largest absolute Gasteiger partial charge is 0.481 e. The number of benzene rings is 1. The highest BCUT2D eigenvalue weighted by Crippen LogP contribution is 2.13. The van der Waals surface area contributed by atoms with Crippen LogP contribution >= 0.6 is 0 Å². The SMILES string of the molecule is COCc1ccccc1CC(N)CCC(=O)O. The van der Waals surface area contributed by atoms with Gasteiger partial charge in [0.05, 0.1) is 6.61 Å². The topological polar surface area (TPSA) is 72.5 Å². The second kappa shape index (κ2) is 7.04. The molecule has 0 saturated heterocycles. The van der Waals surface area contributed by atoms with Gasteiger partial charge in [-0.3, -0.25) is 4.79 Å². The zero-order valence-corrected chi connectivity index (χ0v) is 10.1. The van der Waals surface area contributed by atoms with Gasteiger partial charge in [0.1, 0.15) is 0 Å². The number of hydrogen-bond donors (Lipinski definition) is 2. The molecule has 4 heteroatoms. The number of nitrogens with two attached hydrogens (primary N) is 1. The zero-order valence-electron chi connectivity index (χ0n) is 10.1. The Bertz CT molecular complexity index is 365. The normalized spacial score (nSPS) is 12.4. The molecule has 1 unspecified atom stereocenters. The molecule has 1 aromatic rings. The third kappa shape index (κ3) is 4.97. The standard InChI is InChI=1S/C13H19NO3/c1-17-9-11-5-3-2-4-10(11)8-12(14)6-7-13(15)16/h2-5,12H,6-9,14H2,1H3,(H,15,16). The number of methoxy groups -OCH3 is 1. The molecule has 0 fully saturated rings. The fraction of sp³-hybridized carbons (Fsp3) is 0.462. The van der Waals surface area contributed by atoms with E-state index in [2.05, 4.69) is 0 Å². The van der Waals surface area contributed by atoms with Gasteiger partial charge in [0.2, 0.25) is 0 Å². The maximum Gasteiger partial charge on any atom is 0.303 e. The first kappa shape index (κ1) is 13.7. The number of carbonyl (C=O) groups is 1. The first-order valence-corrected chi connectivity index (χ1v) is 5.66. The summed E-state index contributed by atoms with van der Waals surface area (Å²) in [6.45, 7) is 0.557. The van der Waals surface area contributed by atoms with E-state index in [9.17, 15) is 4.79 Å². The third-order valence-corrected chi connectivity index (χ3v) is 2.63. The lowest BCUT2D eigenvalue weighted by Crippen LogP contribution is -2.24. The van der Waals surface area contributed by atoms with E-state index >= 15 is 0 Å². The molecule has 0 heterocycles. The molecule has 0 saturated carbocycles. The number of carboxylic acid groups (broad SMARTS) is 1. The molecule has 0 aliphatic rings. The Balaban J connectivity index is 2.57. The lowest BCUT2D eigenvalue weighted by molar-refractivity contribution is -0.137. The highest BCUT2D eigenvalue weighted by Gasteiger charge is 2.09. The van der Waals surface area contributed by atoms with Crippen LogP contribution in [0.3, 0.4) is 0 Å². The fourth-order valence-corrected chi connectivity index (χ4v) is 1.75. The molecule has 0 radical (unpaired) electrons. The average Bonchev–Trinajstić information content (AvgIpc) is 2.29. The number of carboxylic acids is 1. The molecule has 0 amide bonds. The van der Waals surface area contributed by atoms with Crippen LogP contribution in [0.4, 0.5) is 0 Å². The van der Waals surface area contributed by atoms with Crippen LogP contribution in [0.1, 0.15) is 24.0 Å². The van der Waals surface area contributed by atoms with Crippen molar-refractivity contribution in [3.05, 3.63) is 35.4 Å². The van der Waals surface area contributed by atoms with E-state index < -0.39 is 5.97 Å². The van der Waals surface area contributed by atoms with E-state index in [1.54, 1.807) is 7.11 Å². The van der Waals surface area contributed by atoms with Crippen molar-refractivity contribution in [1.29, 1.82) is 0 Å². The molecule has 0 bridgehead atoms. The van der Waals surface area contributed by atoms with Gasteiger partial charge in [0.25, 0.3) is 0 Å². The minimum Gasteiger partial charge on any atom is -0.481 e.